The Morgan fingerprint density at radius 2 is 1.87 bits per heavy atom. The van der Waals surface area contributed by atoms with Crippen molar-refractivity contribution in [2.24, 2.45) is 0 Å². The first-order valence-electron chi connectivity index (χ1n) is 6.14. The highest BCUT2D eigenvalue weighted by Gasteiger charge is 2.33. The van der Waals surface area contributed by atoms with Gasteiger partial charge in [-0.25, -0.2) is 0 Å². The van der Waals surface area contributed by atoms with Crippen LogP contribution >= 0.6 is 0 Å². The van der Waals surface area contributed by atoms with Crippen LogP contribution in [-0.4, -0.2) is 12.1 Å². The van der Waals surface area contributed by atoms with Crippen molar-refractivity contribution in [3.05, 3.63) is 35.4 Å². The monoisotopic (exact) mass is 201 g/mol. The molecule has 0 amide bonds. The Morgan fingerprint density at radius 3 is 2.53 bits per heavy atom. The number of aryl methyl sites for hydroxylation is 1. The van der Waals surface area contributed by atoms with Crippen molar-refractivity contribution >= 4 is 0 Å². The van der Waals surface area contributed by atoms with E-state index in [0.29, 0.717) is 0 Å². The van der Waals surface area contributed by atoms with Gasteiger partial charge in [0.15, 0.2) is 0 Å². The number of rotatable bonds is 1. The van der Waals surface area contributed by atoms with Gasteiger partial charge in [0.1, 0.15) is 0 Å². The van der Waals surface area contributed by atoms with Crippen molar-refractivity contribution < 1.29 is 0 Å². The first kappa shape index (κ1) is 9.41. The average molecular weight is 201 g/mol. The van der Waals surface area contributed by atoms with Gasteiger partial charge in [-0.1, -0.05) is 29.8 Å². The van der Waals surface area contributed by atoms with Gasteiger partial charge in [0, 0.05) is 12.1 Å². The van der Waals surface area contributed by atoms with E-state index in [4.69, 9.17) is 0 Å². The van der Waals surface area contributed by atoms with E-state index in [9.17, 15) is 0 Å². The van der Waals surface area contributed by atoms with Crippen LogP contribution in [0.1, 0.15) is 42.7 Å². The van der Waals surface area contributed by atoms with Crippen molar-refractivity contribution in [2.45, 2.75) is 50.6 Å². The molecule has 3 rings (SSSR count). The molecule has 0 saturated carbocycles. The molecule has 2 aliphatic rings. The summed E-state index contributed by atoms with van der Waals surface area (Å²) in [6, 6.07) is 10.7. The molecule has 1 N–H and O–H groups in total. The molecule has 2 unspecified atom stereocenters. The molecule has 1 aromatic carbocycles. The Morgan fingerprint density at radius 1 is 1.13 bits per heavy atom. The van der Waals surface area contributed by atoms with Gasteiger partial charge in [-0.3, -0.25) is 0 Å². The molecule has 2 bridgehead atoms. The lowest BCUT2D eigenvalue weighted by Crippen LogP contribution is -2.37. The molecule has 0 radical (unpaired) electrons. The summed E-state index contributed by atoms with van der Waals surface area (Å²) in [6.07, 6.45) is 5.49. The fraction of sp³-hybridized carbons (Fsp3) is 0.571. The first-order valence-corrected chi connectivity index (χ1v) is 6.14. The van der Waals surface area contributed by atoms with Gasteiger partial charge >= 0.3 is 0 Å². The van der Waals surface area contributed by atoms with E-state index in [1.165, 1.54) is 31.2 Å². The molecule has 0 spiro atoms. The number of hydrogen-bond acceptors (Lipinski definition) is 1. The smallest absolute Gasteiger partial charge is 0.00760 e. The van der Waals surface area contributed by atoms with Crippen molar-refractivity contribution in [1.82, 2.24) is 5.32 Å². The topological polar surface area (TPSA) is 12.0 Å². The van der Waals surface area contributed by atoms with Crippen LogP contribution in [0.2, 0.25) is 0 Å². The van der Waals surface area contributed by atoms with Gasteiger partial charge in [-0.05, 0) is 44.1 Å². The Balaban J connectivity index is 1.83. The molecule has 15 heavy (non-hydrogen) atoms. The number of benzene rings is 1. The second-order valence-corrected chi connectivity index (χ2v) is 5.22. The van der Waals surface area contributed by atoms with Crippen LogP contribution in [0.15, 0.2) is 24.3 Å². The second kappa shape index (κ2) is 3.64. The quantitative estimate of drug-likeness (QED) is 0.736. The highest BCUT2D eigenvalue weighted by Crippen LogP contribution is 2.37. The lowest BCUT2D eigenvalue weighted by Gasteiger charge is -2.29. The van der Waals surface area contributed by atoms with Gasteiger partial charge in [0.05, 0.1) is 0 Å². The largest absolute Gasteiger partial charge is 0.311 e. The fourth-order valence-electron chi connectivity index (χ4n) is 3.25. The predicted octanol–water partition coefficient (Wildman–Crippen LogP) is 2.99. The summed E-state index contributed by atoms with van der Waals surface area (Å²) in [5.41, 5.74) is 2.96. The highest BCUT2D eigenvalue weighted by atomic mass is 15.0. The minimum absolute atomic E-state index is 0.800. The number of fused-ring (bicyclic) bond motifs is 2. The molecule has 2 aliphatic heterocycles. The summed E-state index contributed by atoms with van der Waals surface area (Å²) < 4.78 is 0. The first-order chi connectivity index (χ1) is 7.31. The van der Waals surface area contributed by atoms with Gasteiger partial charge < -0.3 is 5.32 Å². The van der Waals surface area contributed by atoms with E-state index < -0.39 is 0 Å². The van der Waals surface area contributed by atoms with Crippen LogP contribution in [0.4, 0.5) is 0 Å². The van der Waals surface area contributed by atoms with E-state index in [1.807, 2.05) is 0 Å². The SMILES string of the molecule is Cc1cccc(C2CC3CCC(C2)N3)c1. The van der Waals surface area contributed by atoms with E-state index in [0.717, 1.165) is 18.0 Å². The molecule has 1 nitrogen and oxygen atoms in total. The predicted molar refractivity (Wildman–Crippen MR) is 63.1 cm³/mol. The molecule has 2 atom stereocenters. The van der Waals surface area contributed by atoms with E-state index in [2.05, 4.69) is 36.5 Å². The summed E-state index contributed by atoms with van der Waals surface area (Å²) in [5.74, 6) is 0.809. The average Bonchev–Trinajstić information content (AvgIpc) is 2.58. The summed E-state index contributed by atoms with van der Waals surface area (Å²) in [7, 11) is 0. The normalized spacial score (nSPS) is 34.3. The maximum atomic E-state index is 3.70. The fourth-order valence-corrected chi connectivity index (χ4v) is 3.25. The number of piperidine rings is 1. The third-order valence-electron chi connectivity index (χ3n) is 3.99. The highest BCUT2D eigenvalue weighted by molar-refractivity contribution is 5.26. The molecule has 0 aromatic heterocycles. The van der Waals surface area contributed by atoms with E-state index in [1.54, 1.807) is 5.56 Å². The summed E-state index contributed by atoms with van der Waals surface area (Å²) in [6.45, 7) is 2.19. The van der Waals surface area contributed by atoms with Crippen molar-refractivity contribution in [2.75, 3.05) is 0 Å². The lowest BCUT2D eigenvalue weighted by molar-refractivity contribution is 0.363. The van der Waals surface area contributed by atoms with Crippen LogP contribution in [0.25, 0.3) is 0 Å². The molecular formula is C14H19N. The number of hydrogen-bond donors (Lipinski definition) is 1. The van der Waals surface area contributed by atoms with Crippen molar-refractivity contribution in [3.63, 3.8) is 0 Å². The molecule has 1 aromatic rings. The van der Waals surface area contributed by atoms with Crippen molar-refractivity contribution in [1.29, 1.82) is 0 Å². The van der Waals surface area contributed by atoms with Crippen LogP contribution in [-0.2, 0) is 0 Å². The molecule has 1 heteroatoms. The molecule has 2 saturated heterocycles. The van der Waals surface area contributed by atoms with Crippen LogP contribution in [0, 0.1) is 6.92 Å². The molecule has 2 heterocycles. The lowest BCUT2D eigenvalue weighted by atomic mass is 9.86. The zero-order chi connectivity index (χ0) is 10.3. The van der Waals surface area contributed by atoms with Crippen LogP contribution in [0.3, 0.4) is 0 Å². The zero-order valence-corrected chi connectivity index (χ0v) is 9.37. The standard InChI is InChI=1S/C14H19N/c1-10-3-2-4-11(7-10)12-8-13-5-6-14(9-12)15-13/h2-4,7,12-15H,5-6,8-9H2,1H3. The number of nitrogens with one attached hydrogen (secondary N) is 1. The van der Waals surface area contributed by atoms with E-state index in [-0.39, 0.29) is 0 Å². The van der Waals surface area contributed by atoms with Crippen molar-refractivity contribution in [3.8, 4) is 0 Å². The Bertz CT molecular complexity index is 346. The summed E-state index contributed by atoms with van der Waals surface area (Å²) >= 11 is 0. The van der Waals surface area contributed by atoms with Gasteiger partial charge in [-0.15, -0.1) is 0 Å². The second-order valence-electron chi connectivity index (χ2n) is 5.22. The minimum atomic E-state index is 0.800. The Kier molecular flexibility index (Phi) is 2.28. The summed E-state index contributed by atoms with van der Waals surface area (Å²) in [5, 5.41) is 3.70. The maximum Gasteiger partial charge on any atom is 0.00760 e. The third-order valence-corrected chi connectivity index (χ3v) is 3.99. The zero-order valence-electron chi connectivity index (χ0n) is 9.37. The minimum Gasteiger partial charge on any atom is -0.311 e. The third kappa shape index (κ3) is 1.81. The maximum absolute atomic E-state index is 3.70. The Labute approximate surface area is 91.9 Å². The van der Waals surface area contributed by atoms with E-state index >= 15 is 0 Å². The molecule has 2 fully saturated rings. The Hall–Kier alpha value is -0.820. The molecule has 80 valence electrons. The summed E-state index contributed by atoms with van der Waals surface area (Å²) in [4.78, 5) is 0. The molecular weight excluding hydrogens is 182 g/mol. The van der Waals surface area contributed by atoms with Crippen LogP contribution in [0.5, 0.6) is 0 Å². The molecule has 0 aliphatic carbocycles. The van der Waals surface area contributed by atoms with Gasteiger partial charge in [-0.2, -0.15) is 0 Å². The van der Waals surface area contributed by atoms with Crippen LogP contribution < -0.4 is 5.32 Å². The van der Waals surface area contributed by atoms with Gasteiger partial charge in [0.2, 0.25) is 0 Å². The van der Waals surface area contributed by atoms with Gasteiger partial charge in [0.25, 0.3) is 0 Å².